The van der Waals surface area contributed by atoms with Crippen molar-refractivity contribution in [1.29, 1.82) is 0 Å². The van der Waals surface area contributed by atoms with E-state index in [9.17, 15) is 14.7 Å². The van der Waals surface area contributed by atoms with Crippen LogP contribution in [-0.4, -0.2) is 22.4 Å². The van der Waals surface area contributed by atoms with Gasteiger partial charge in [0.15, 0.2) is 11.5 Å². The van der Waals surface area contributed by atoms with Crippen molar-refractivity contribution in [3.05, 3.63) is 34.1 Å². The summed E-state index contributed by atoms with van der Waals surface area (Å²) >= 11 is 0. The molecule has 0 fully saturated rings. The van der Waals surface area contributed by atoms with Crippen LogP contribution in [0.2, 0.25) is 0 Å². The number of hydrogen-bond acceptors (Lipinski definition) is 4. The molecule has 1 aromatic heterocycles. The van der Waals surface area contributed by atoms with Crippen molar-refractivity contribution >= 4 is 16.9 Å². The minimum Gasteiger partial charge on any atom is -0.477 e. The zero-order valence-electron chi connectivity index (χ0n) is 15.8. The van der Waals surface area contributed by atoms with Gasteiger partial charge < -0.3 is 19.1 Å². The second-order valence-electron chi connectivity index (χ2n) is 7.07. The molecule has 3 rings (SSSR count). The van der Waals surface area contributed by atoms with Crippen molar-refractivity contribution in [2.24, 2.45) is 0 Å². The predicted molar refractivity (Wildman–Crippen MR) is 104 cm³/mol. The van der Waals surface area contributed by atoms with Gasteiger partial charge in [-0.1, -0.05) is 51.9 Å². The third kappa shape index (κ3) is 4.43. The van der Waals surface area contributed by atoms with Crippen LogP contribution in [0.25, 0.3) is 10.9 Å². The monoisotopic (exact) mass is 373 g/mol. The van der Waals surface area contributed by atoms with Gasteiger partial charge in [0.05, 0.1) is 10.9 Å². The van der Waals surface area contributed by atoms with E-state index in [2.05, 4.69) is 6.92 Å². The number of nitrogens with zero attached hydrogens (tertiary/aromatic N) is 1. The van der Waals surface area contributed by atoms with Gasteiger partial charge in [-0.3, -0.25) is 4.79 Å². The van der Waals surface area contributed by atoms with Crippen molar-refractivity contribution < 1.29 is 19.4 Å². The first-order valence-electron chi connectivity index (χ1n) is 9.82. The summed E-state index contributed by atoms with van der Waals surface area (Å²) in [4.78, 5) is 24.0. The zero-order valence-corrected chi connectivity index (χ0v) is 15.8. The quantitative estimate of drug-likeness (QED) is 0.617. The molecule has 6 heteroatoms. The smallest absolute Gasteiger partial charge is 0.341 e. The lowest BCUT2D eigenvalue weighted by atomic mass is 10.1. The third-order valence-corrected chi connectivity index (χ3v) is 5.06. The van der Waals surface area contributed by atoms with Crippen molar-refractivity contribution in [2.75, 3.05) is 6.79 Å². The molecule has 146 valence electrons. The highest BCUT2D eigenvalue weighted by molar-refractivity contribution is 5.93. The number of fused-ring (bicyclic) bond motifs is 2. The Morgan fingerprint density at radius 2 is 1.67 bits per heavy atom. The van der Waals surface area contributed by atoms with Gasteiger partial charge in [0.2, 0.25) is 12.2 Å². The average molecular weight is 373 g/mol. The minimum absolute atomic E-state index is 0.115. The zero-order chi connectivity index (χ0) is 19.2. The molecular weight excluding hydrogens is 346 g/mol. The van der Waals surface area contributed by atoms with Crippen LogP contribution in [0.4, 0.5) is 0 Å². The summed E-state index contributed by atoms with van der Waals surface area (Å²) in [6.45, 7) is 3.00. The predicted octanol–water partition coefficient (Wildman–Crippen LogP) is 4.57. The van der Waals surface area contributed by atoms with Gasteiger partial charge in [-0.05, 0) is 12.5 Å². The fourth-order valence-electron chi connectivity index (χ4n) is 3.53. The Bertz CT molecular complexity index is 871. The number of carbonyl (C=O) groups is 1. The molecule has 0 saturated heterocycles. The molecule has 2 aromatic rings. The number of benzene rings is 1. The standard InChI is InChI=1S/C21H27NO5/c1-2-3-4-5-6-7-8-9-10-22-13-16(21(24)25)20(23)15-11-18-19(12-17(15)22)27-14-26-18/h11-13H,2-10,14H2,1H3,(H,24,25). The normalized spacial score (nSPS) is 12.6. The maximum Gasteiger partial charge on any atom is 0.341 e. The third-order valence-electron chi connectivity index (χ3n) is 5.06. The molecule has 1 aliphatic rings. The topological polar surface area (TPSA) is 77.8 Å². The van der Waals surface area contributed by atoms with Crippen LogP contribution < -0.4 is 14.9 Å². The number of ether oxygens (including phenoxy) is 2. The molecule has 6 nitrogen and oxygen atoms in total. The van der Waals surface area contributed by atoms with E-state index in [0.29, 0.717) is 28.9 Å². The Hall–Kier alpha value is -2.50. The molecule has 0 bridgehead atoms. The van der Waals surface area contributed by atoms with Crippen molar-refractivity contribution in [1.82, 2.24) is 4.57 Å². The number of aromatic nitrogens is 1. The van der Waals surface area contributed by atoms with Gasteiger partial charge in [-0.15, -0.1) is 0 Å². The number of carboxylic acids is 1. The Morgan fingerprint density at radius 3 is 2.33 bits per heavy atom. The molecule has 27 heavy (non-hydrogen) atoms. The van der Waals surface area contributed by atoms with Crippen LogP contribution in [0.3, 0.4) is 0 Å². The Labute approximate surface area is 158 Å². The molecule has 0 atom stereocenters. The minimum atomic E-state index is -1.20. The lowest BCUT2D eigenvalue weighted by molar-refractivity contribution is 0.0694. The molecule has 2 heterocycles. The summed E-state index contributed by atoms with van der Waals surface area (Å²) in [6, 6.07) is 3.37. The summed E-state index contributed by atoms with van der Waals surface area (Å²) in [5, 5.41) is 9.75. The molecule has 0 amide bonds. The van der Waals surface area contributed by atoms with Gasteiger partial charge in [0.1, 0.15) is 5.56 Å². The maximum absolute atomic E-state index is 12.5. The Morgan fingerprint density at radius 1 is 1.04 bits per heavy atom. The summed E-state index contributed by atoms with van der Waals surface area (Å²) in [5.41, 5.74) is 0.00102. The fraction of sp³-hybridized carbons (Fsp3) is 0.524. The van der Waals surface area contributed by atoms with Crippen LogP contribution in [0.15, 0.2) is 23.1 Å². The summed E-state index contributed by atoms with van der Waals surface area (Å²) in [6.07, 6.45) is 11.0. The number of aromatic carboxylic acids is 1. The SMILES string of the molecule is CCCCCCCCCCn1cc(C(=O)O)c(=O)c2cc3c(cc21)OCO3. The van der Waals surface area contributed by atoms with Crippen molar-refractivity contribution in [3.63, 3.8) is 0 Å². The van der Waals surface area contributed by atoms with Gasteiger partial charge in [-0.2, -0.15) is 0 Å². The van der Waals surface area contributed by atoms with Gasteiger partial charge in [0.25, 0.3) is 0 Å². The largest absolute Gasteiger partial charge is 0.477 e. The van der Waals surface area contributed by atoms with E-state index in [1.165, 1.54) is 44.7 Å². The Kier molecular flexibility index (Phi) is 6.37. The van der Waals surface area contributed by atoms with Crippen LogP contribution in [0, 0.1) is 0 Å². The number of rotatable bonds is 10. The number of pyridine rings is 1. The van der Waals surface area contributed by atoms with Gasteiger partial charge in [-0.25, -0.2) is 4.79 Å². The van der Waals surface area contributed by atoms with Crippen molar-refractivity contribution in [3.8, 4) is 11.5 Å². The molecule has 0 saturated carbocycles. The number of unbranched alkanes of at least 4 members (excludes halogenated alkanes) is 7. The van der Waals surface area contributed by atoms with Gasteiger partial charge >= 0.3 is 5.97 Å². The van der Waals surface area contributed by atoms with E-state index in [1.54, 1.807) is 12.1 Å². The lowest BCUT2D eigenvalue weighted by Gasteiger charge is -2.13. The molecule has 0 spiro atoms. The van der Waals surface area contributed by atoms with Crippen LogP contribution in [-0.2, 0) is 6.54 Å². The fourth-order valence-corrected chi connectivity index (χ4v) is 3.53. The summed E-state index contributed by atoms with van der Waals surface area (Å²) < 4.78 is 12.6. The lowest BCUT2D eigenvalue weighted by Crippen LogP contribution is -2.19. The maximum atomic E-state index is 12.5. The summed E-state index contributed by atoms with van der Waals surface area (Å²) in [5.74, 6) is -0.125. The van der Waals surface area contributed by atoms with E-state index >= 15 is 0 Å². The first-order valence-corrected chi connectivity index (χ1v) is 9.82. The second-order valence-corrected chi connectivity index (χ2v) is 7.07. The van der Waals surface area contributed by atoms with E-state index < -0.39 is 11.4 Å². The molecular formula is C21H27NO5. The average Bonchev–Trinajstić information content (AvgIpc) is 3.11. The second kappa shape index (κ2) is 8.93. The first-order chi connectivity index (χ1) is 13.1. The molecule has 0 radical (unpaired) electrons. The molecule has 1 aliphatic heterocycles. The van der Waals surface area contributed by atoms with Crippen LogP contribution in [0.5, 0.6) is 11.5 Å². The molecule has 1 aromatic carbocycles. The highest BCUT2D eigenvalue weighted by atomic mass is 16.7. The van der Waals surface area contributed by atoms with E-state index in [4.69, 9.17) is 9.47 Å². The number of aryl methyl sites for hydroxylation is 1. The van der Waals surface area contributed by atoms with E-state index in [-0.39, 0.29) is 12.4 Å². The molecule has 0 aliphatic carbocycles. The Balaban J connectivity index is 1.75. The van der Waals surface area contributed by atoms with Gasteiger partial charge in [0, 0.05) is 18.8 Å². The first kappa shape index (κ1) is 19.3. The molecule has 0 unspecified atom stereocenters. The number of hydrogen-bond donors (Lipinski definition) is 1. The van der Waals surface area contributed by atoms with Crippen molar-refractivity contribution in [2.45, 2.75) is 64.8 Å². The van der Waals surface area contributed by atoms with E-state index in [0.717, 1.165) is 12.8 Å². The number of carboxylic acid groups (broad SMARTS) is 1. The van der Waals surface area contributed by atoms with Crippen LogP contribution in [0.1, 0.15) is 68.6 Å². The molecule has 1 N–H and O–H groups in total. The highest BCUT2D eigenvalue weighted by Crippen LogP contribution is 2.35. The van der Waals surface area contributed by atoms with E-state index in [1.807, 2.05) is 4.57 Å². The van der Waals surface area contributed by atoms with Crippen LogP contribution >= 0.6 is 0 Å². The highest BCUT2D eigenvalue weighted by Gasteiger charge is 2.20. The summed E-state index contributed by atoms with van der Waals surface area (Å²) in [7, 11) is 0.